The van der Waals surface area contributed by atoms with Gasteiger partial charge in [-0.15, -0.1) is 0 Å². The summed E-state index contributed by atoms with van der Waals surface area (Å²) in [6.07, 6.45) is 0. The van der Waals surface area contributed by atoms with Crippen molar-refractivity contribution in [2.24, 2.45) is 5.41 Å². The molecule has 0 aromatic heterocycles. The first kappa shape index (κ1) is 7.96. The molecule has 1 atom stereocenters. The summed E-state index contributed by atoms with van der Waals surface area (Å²) in [5, 5.41) is 3.20. The highest BCUT2D eigenvalue weighted by Crippen LogP contribution is 2.17. The lowest BCUT2D eigenvalue weighted by molar-refractivity contribution is 0.301. The standard InChI is InChI=1S/C7H17N/c1-6(8-5)7(2,3)4/h6,8H,1-5H3/t6-/m0/s1. The Labute approximate surface area is 52.5 Å². The van der Waals surface area contributed by atoms with E-state index >= 15 is 0 Å². The molecule has 0 bridgehead atoms. The van der Waals surface area contributed by atoms with Gasteiger partial charge < -0.3 is 5.32 Å². The van der Waals surface area contributed by atoms with E-state index in [9.17, 15) is 0 Å². The third-order valence-corrected chi connectivity index (χ3v) is 1.73. The van der Waals surface area contributed by atoms with E-state index in [1.165, 1.54) is 0 Å². The van der Waals surface area contributed by atoms with Crippen molar-refractivity contribution in [2.75, 3.05) is 7.05 Å². The SMILES string of the molecule is CN[C@@H](C)C(C)(C)C. The molecule has 0 fully saturated rings. The van der Waals surface area contributed by atoms with E-state index in [0.717, 1.165) is 0 Å². The molecule has 0 aliphatic heterocycles. The minimum atomic E-state index is 0.398. The Morgan fingerprint density at radius 1 is 1.25 bits per heavy atom. The van der Waals surface area contributed by atoms with Gasteiger partial charge in [0, 0.05) is 6.04 Å². The van der Waals surface area contributed by atoms with Crippen molar-refractivity contribution in [3.8, 4) is 0 Å². The lowest BCUT2D eigenvalue weighted by Crippen LogP contribution is -2.34. The normalized spacial score (nSPS) is 16.1. The highest BCUT2D eigenvalue weighted by Gasteiger charge is 2.16. The summed E-state index contributed by atoms with van der Waals surface area (Å²) < 4.78 is 0. The molecule has 1 heteroatoms. The molecule has 0 heterocycles. The molecule has 0 aromatic carbocycles. The average Bonchev–Trinajstić information content (AvgIpc) is 1.62. The largest absolute Gasteiger partial charge is 0.317 e. The zero-order chi connectivity index (χ0) is 6.78. The van der Waals surface area contributed by atoms with Gasteiger partial charge in [0.1, 0.15) is 0 Å². The molecule has 0 spiro atoms. The monoisotopic (exact) mass is 115 g/mol. The maximum Gasteiger partial charge on any atom is 0.00842 e. The van der Waals surface area contributed by atoms with Gasteiger partial charge in [0.25, 0.3) is 0 Å². The fourth-order valence-electron chi connectivity index (χ4n) is 0.433. The fraction of sp³-hybridized carbons (Fsp3) is 1.00. The molecule has 0 aliphatic rings. The Hall–Kier alpha value is -0.0400. The van der Waals surface area contributed by atoms with E-state index in [0.29, 0.717) is 11.5 Å². The van der Waals surface area contributed by atoms with Gasteiger partial charge in [-0.05, 0) is 19.4 Å². The topological polar surface area (TPSA) is 12.0 Å². The second kappa shape index (κ2) is 2.49. The van der Waals surface area contributed by atoms with Crippen LogP contribution in [0, 0.1) is 5.41 Å². The average molecular weight is 115 g/mol. The number of rotatable bonds is 1. The molecular formula is C7H17N. The summed E-state index contributed by atoms with van der Waals surface area (Å²) in [7, 11) is 2.00. The number of nitrogens with one attached hydrogen (secondary N) is 1. The summed E-state index contributed by atoms with van der Waals surface area (Å²) in [6.45, 7) is 8.89. The lowest BCUT2D eigenvalue weighted by atomic mass is 9.88. The molecule has 8 heavy (non-hydrogen) atoms. The Morgan fingerprint density at radius 2 is 1.62 bits per heavy atom. The zero-order valence-electron chi connectivity index (χ0n) is 6.58. The summed E-state index contributed by atoms with van der Waals surface area (Å²) >= 11 is 0. The predicted octanol–water partition coefficient (Wildman–Crippen LogP) is 1.64. The van der Waals surface area contributed by atoms with Crippen LogP contribution in [0.3, 0.4) is 0 Å². The van der Waals surface area contributed by atoms with Crippen molar-refractivity contribution in [2.45, 2.75) is 33.7 Å². The van der Waals surface area contributed by atoms with Crippen LogP contribution in [0.15, 0.2) is 0 Å². The Kier molecular flexibility index (Phi) is 2.48. The van der Waals surface area contributed by atoms with Crippen LogP contribution in [0.25, 0.3) is 0 Å². The molecule has 1 nitrogen and oxygen atoms in total. The van der Waals surface area contributed by atoms with Gasteiger partial charge in [-0.25, -0.2) is 0 Å². The van der Waals surface area contributed by atoms with Gasteiger partial charge in [0.15, 0.2) is 0 Å². The minimum Gasteiger partial charge on any atom is -0.317 e. The summed E-state index contributed by atoms with van der Waals surface area (Å²) in [5.74, 6) is 0. The third-order valence-electron chi connectivity index (χ3n) is 1.73. The molecule has 0 aromatic rings. The van der Waals surface area contributed by atoms with Crippen LogP contribution >= 0.6 is 0 Å². The first-order chi connectivity index (χ1) is 3.48. The molecule has 1 N–H and O–H groups in total. The molecule has 50 valence electrons. The highest BCUT2D eigenvalue weighted by molar-refractivity contribution is 4.73. The van der Waals surface area contributed by atoms with Gasteiger partial charge in [0.2, 0.25) is 0 Å². The van der Waals surface area contributed by atoms with Crippen molar-refractivity contribution in [3.05, 3.63) is 0 Å². The van der Waals surface area contributed by atoms with Crippen LogP contribution in [0.4, 0.5) is 0 Å². The molecule has 0 aliphatic carbocycles. The van der Waals surface area contributed by atoms with Crippen LogP contribution < -0.4 is 5.32 Å². The minimum absolute atomic E-state index is 0.398. The first-order valence-electron chi connectivity index (χ1n) is 3.15. The second-order valence-corrected chi connectivity index (χ2v) is 3.38. The summed E-state index contributed by atoms with van der Waals surface area (Å²) in [6, 6.07) is 0.600. The molecule has 0 amide bonds. The van der Waals surface area contributed by atoms with E-state index in [2.05, 4.69) is 33.0 Å². The van der Waals surface area contributed by atoms with E-state index in [1.807, 2.05) is 7.05 Å². The van der Waals surface area contributed by atoms with Crippen LogP contribution in [0.1, 0.15) is 27.7 Å². The lowest BCUT2D eigenvalue weighted by Gasteiger charge is -2.26. The van der Waals surface area contributed by atoms with E-state index < -0.39 is 0 Å². The van der Waals surface area contributed by atoms with Gasteiger partial charge >= 0.3 is 0 Å². The number of hydrogen-bond acceptors (Lipinski definition) is 1. The van der Waals surface area contributed by atoms with Gasteiger partial charge in [0.05, 0.1) is 0 Å². The maximum absolute atomic E-state index is 3.20. The summed E-state index contributed by atoms with van der Waals surface area (Å²) in [4.78, 5) is 0. The van der Waals surface area contributed by atoms with Crippen LogP contribution in [-0.4, -0.2) is 13.1 Å². The van der Waals surface area contributed by atoms with Gasteiger partial charge in [-0.2, -0.15) is 0 Å². The smallest absolute Gasteiger partial charge is 0.00842 e. The van der Waals surface area contributed by atoms with Crippen LogP contribution in [-0.2, 0) is 0 Å². The highest BCUT2D eigenvalue weighted by atomic mass is 14.9. The van der Waals surface area contributed by atoms with Crippen molar-refractivity contribution in [1.29, 1.82) is 0 Å². The van der Waals surface area contributed by atoms with E-state index in [4.69, 9.17) is 0 Å². The molecule has 0 rings (SSSR count). The molecule has 0 unspecified atom stereocenters. The fourth-order valence-corrected chi connectivity index (χ4v) is 0.433. The van der Waals surface area contributed by atoms with Crippen molar-refractivity contribution < 1.29 is 0 Å². The van der Waals surface area contributed by atoms with Crippen LogP contribution in [0.5, 0.6) is 0 Å². The molecular weight excluding hydrogens is 98.1 g/mol. The Bertz CT molecular complexity index is 61.3. The van der Waals surface area contributed by atoms with Crippen molar-refractivity contribution in [1.82, 2.24) is 5.32 Å². The van der Waals surface area contributed by atoms with Gasteiger partial charge in [-0.1, -0.05) is 20.8 Å². The quantitative estimate of drug-likeness (QED) is 0.548. The number of hydrogen-bond donors (Lipinski definition) is 1. The van der Waals surface area contributed by atoms with E-state index in [1.54, 1.807) is 0 Å². The third kappa shape index (κ3) is 2.31. The first-order valence-corrected chi connectivity index (χ1v) is 3.15. The van der Waals surface area contributed by atoms with Crippen molar-refractivity contribution >= 4 is 0 Å². The zero-order valence-corrected chi connectivity index (χ0v) is 6.58. The summed E-state index contributed by atoms with van der Waals surface area (Å²) in [5.41, 5.74) is 0.398. The Morgan fingerprint density at radius 3 is 1.62 bits per heavy atom. The Balaban J connectivity index is 3.62. The van der Waals surface area contributed by atoms with E-state index in [-0.39, 0.29) is 0 Å². The van der Waals surface area contributed by atoms with Crippen LogP contribution in [0.2, 0.25) is 0 Å². The molecule has 0 saturated heterocycles. The van der Waals surface area contributed by atoms with Crippen molar-refractivity contribution in [3.63, 3.8) is 0 Å². The molecule has 0 radical (unpaired) electrons. The van der Waals surface area contributed by atoms with Gasteiger partial charge in [-0.3, -0.25) is 0 Å². The second-order valence-electron chi connectivity index (χ2n) is 3.38. The predicted molar refractivity (Wildman–Crippen MR) is 38.0 cm³/mol. The maximum atomic E-state index is 3.20. The molecule has 0 saturated carbocycles.